The Morgan fingerprint density at radius 2 is 2.04 bits per heavy atom. The molecule has 0 amide bonds. The quantitative estimate of drug-likeness (QED) is 0.176. The van der Waals surface area contributed by atoms with Gasteiger partial charge in [0, 0.05) is 40.5 Å². The third-order valence-corrected chi connectivity index (χ3v) is 12.4. The smallest absolute Gasteiger partial charge is 0.318 e. The van der Waals surface area contributed by atoms with Crippen LogP contribution < -0.4 is 25.8 Å². The largest absolute Gasteiger partial charge is 0.489 e. The molecule has 0 saturated carbocycles. The Morgan fingerprint density at radius 3 is 2.76 bits per heavy atom. The molecule has 8 rings (SSSR count). The van der Waals surface area contributed by atoms with Crippen molar-refractivity contribution in [3.05, 3.63) is 58.2 Å². The molecule has 3 aromatic heterocycles. The van der Waals surface area contributed by atoms with Crippen LogP contribution in [0.4, 0.5) is 25.4 Å². The molecule has 2 saturated heterocycles. The number of aromatic nitrogens is 3. The molecule has 10 nitrogen and oxygen atoms in total. The lowest BCUT2D eigenvalue weighted by Gasteiger charge is -2.30. The number of hydrogen-bond donors (Lipinski definition) is 2. The van der Waals surface area contributed by atoms with E-state index in [4.69, 9.17) is 32.5 Å². The van der Waals surface area contributed by atoms with Gasteiger partial charge in [0.25, 0.3) is 0 Å². The van der Waals surface area contributed by atoms with Gasteiger partial charge in [-0.3, -0.25) is 4.90 Å². The highest BCUT2D eigenvalue weighted by molar-refractivity contribution is 7.99. The van der Waals surface area contributed by atoms with E-state index < -0.39 is 11.6 Å². The van der Waals surface area contributed by atoms with Crippen LogP contribution in [0.2, 0.25) is 5.02 Å². The molecule has 266 valence electrons. The van der Waals surface area contributed by atoms with E-state index in [2.05, 4.69) is 38.5 Å². The Labute approximate surface area is 307 Å². The summed E-state index contributed by atoms with van der Waals surface area (Å²) < 4.78 is 43.0. The number of nitrogens with two attached hydrogens (primary N) is 2. The van der Waals surface area contributed by atoms with Gasteiger partial charge in [-0.15, -0.1) is 11.3 Å². The number of anilines is 3. The summed E-state index contributed by atoms with van der Waals surface area (Å²) in [6.07, 6.45) is 5.99. The molecule has 0 aliphatic carbocycles. The van der Waals surface area contributed by atoms with Crippen molar-refractivity contribution >= 4 is 72.3 Å². The summed E-state index contributed by atoms with van der Waals surface area (Å²) in [4.78, 5) is 17.7. The molecule has 15 heteroatoms. The Bertz CT molecular complexity index is 2170. The first-order valence-electron chi connectivity index (χ1n) is 16.8. The van der Waals surface area contributed by atoms with Gasteiger partial charge >= 0.3 is 6.01 Å². The molecule has 6 heterocycles. The molecular formula is C36H37ClF2N8O2S2. The van der Waals surface area contributed by atoms with Crippen molar-refractivity contribution in [1.29, 1.82) is 5.26 Å². The molecule has 0 radical (unpaired) electrons. The standard InChI is InChI=1S/C27H20ClF2N7O2S.C9H17NS/c1-11(12-4-3-7-34-24(12)32)37-8-9-39-22-18-21(35-27(38-2)36-26(18)37)20(30)17(19(22)28)13-5-6-15(29)23-16(13)14(10-31)25(33)40-23;1-2-11-9-6-8-4-3-5-10(8)7-9/h3-7,11H,8-9,33H2,1-2H3,(H2,32,34);8-9H,2-7H2,1H3/t;8?,9-/m.0/s1. The van der Waals surface area contributed by atoms with E-state index in [1.54, 1.807) is 12.3 Å². The molecule has 3 aliphatic rings. The van der Waals surface area contributed by atoms with E-state index in [9.17, 15) is 9.65 Å². The fraction of sp³-hybridized carbons (Fsp3) is 0.389. The van der Waals surface area contributed by atoms with Crippen LogP contribution in [0.5, 0.6) is 11.8 Å². The number of thioether (sulfide) groups is 1. The number of nitrogens with zero attached hydrogens (tertiary/aromatic N) is 6. The highest BCUT2D eigenvalue weighted by Crippen LogP contribution is 2.51. The second-order valence-electron chi connectivity index (χ2n) is 12.6. The van der Waals surface area contributed by atoms with Crippen molar-refractivity contribution in [2.75, 3.05) is 55.5 Å². The number of nitriles is 1. The highest BCUT2D eigenvalue weighted by atomic mass is 35.5. The number of pyridine rings is 1. The average Bonchev–Trinajstić information content (AvgIpc) is 3.78. The number of fused-ring (bicyclic) bond motifs is 2. The fourth-order valence-electron chi connectivity index (χ4n) is 7.49. The molecule has 51 heavy (non-hydrogen) atoms. The van der Waals surface area contributed by atoms with Gasteiger partial charge in [-0.1, -0.05) is 30.7 Å². The van der Waals surface area contributed by atoms with Gasteiger partial charge in [0.2, 0.25) is 0 Å². The molecule has 0 bridgehead atoms. The first-order valence-corrected chi connectivity index (χ1v) is 19.0. The molecule has 2 fully saturated rings. The minimum absolute atomic E-state index is 0.0341. The number of hydrogen-bond acceptors (Lipinski definition) is 12. The minimum atomic E-state index is -0.814. The molecule has 4 N–H and O–H groups in total. The van der Waals surface area contributed by atoms with Crippen LogP contribution >= 0.6 is 34.7 Å². The van der Waals surface area contributed by atoms with Crippen LogP contribution in [0.3, 0.4) is 0 Å². The van der Waals surface area contributed by atoms with Gasteiger partial charge < -0.3 is 25.8 Å². The second-order valence-corrected chi connectivity index (χ2v) is 15.6. The van der Waals surface area contributed by atoms with Gasteiger partial charge in [0.15, 0.2) is 11.6 Å². The zero-order valence-corrected chi connectivity index (χ0v) is 30.8. The number of rotatable bonds is 6. The summed E-state index contributed by atoms with van der Waals surface area (Å²) in [5, 5.41) is 11.2. The lowest BCUT2D eigenvalue weighted by atomic mass is 9.96. The van der Waals surface area contributed by atoms with E-state index in [0.717, 1.165) is 28.2 Å². The lowest BCUT2D eigenvalue weighted by Crippen LogP contribution is -2.31. The molecule has 5 aromatic rings. The van der Waals surface area contributed by atoms with Crippen LogP contribution in [-0.2, 0) is 0 Å². The van der Waals surface area contributed by atoms with Crippen LogP contribution in [0.1, 0.15) is 50.3 Å². The molecule has 3 atom stereocenters. The Hall–Kier alpha value is -4.16. The number of benzene rings is 2. The first-order chi connectivity index (χ1) is 24.7. The monoisotopic (exact) mass is 750 g/mol. The second kappa shape index (κ2) is 14.5. The fourth-order valence-corrected chi connectivity index (χ4v) is 9.90. The number of thiophene rings is 1. The van der Waals surface area contributed by atoms with E-state index in [-0.39, 0.29) is 72.1 Å². The van der Waals surface area contributed by atoms with Crippen LogP contribution in [0, 0.1) is 23.0 Å². The normalized spacial score (nSPS) is 18.9. The summed E-state index contributed by atoms with van der Waals surface area (Å²) in [5.41, 5.74) is 12.9. The Morgan fingerprint density at radius 1 is 1.22 bits per heavy atom. The van der Waals surface area contributed by atoms with E-state index >= 15 is 4.39 Å². The molecule has 3 aliphatic heterocycles. The van der Waals surface area contributed by atoms with Crippen LogP contribution in [0.15, 0.2) is 30.5 Å². The van der Waals surface area contributed by atoms with Gasteiger partial charge in [0.05, 0.1) is 40.4 Å². The number of ether oxygens (including phenoxy) is 2. The topological polar surface area (TPSA) is 139 Å². The van der Waals surface area contributed by atoms with Crippen LogP contribution in [-0.4, -0.2) is 70.2 Å². The zero-order valence-electron chi connectivity index (χ0n) is 28.4. The van der Waals surface area contributed by atoms with Crippen molar-refractivity contribution in [1.82, 2.24) is 19.9 Å². The maximum atomic E-state index is 16.6. The van der Waals surface area contributed by atoms with E-state index in [1.165, 1.54) is 57.3 Å². The summed E-state index contributed by atoms with van der Waals surface area (Å²) in [6.45, 7) is 7.46. The summed E-state index contributed by atoms with van der Waals surface area (Å²) in [7, 11) is 1.38. The predicted octanol–water partition coefficient (Wildman–Crippen LogP) is 7.82. The van der Waals surface area contributed by atoms with E-state index in [1.807, 2.05) is 24.0 Å². The first kappa shape index (κ1) is 35.3. The third kappa shape index (κ3) is 6.24. The van der Waals surface area contributed by atoms with Crippen molar-refractivity contribution in [3.63, 3.8) is 0 Å². The average molecular weight is 751 g/mol. The zero-order chi connectivity index (χ0) is 36.0. The molecular weight excluding hydrogens is 714 g/mol. The highest BCUT2D eigenvalue weighted by Gasteiger charge is 2.35. The van der Waals surface area contributed by atoms with Gasteiger partial charge in [0.1, 0.15) is 40.6 Å². The minimum Gasteiger partial charge on any atom is -0.489 e. The van der Waals surface area contributed by atoms with Gasteiger partial charge in [-0.25, -0.2) is 13.8 Å². The van der Waals surface area contributed by atoms with E-state index in [0.29, 0.717) is 18.2 Å². The number of methoxy groups -OCH3 is 1. The SMILES string of the molecule is CCS[C@H]1CC2CCCN2C1.COc1nc2c3c(c(Cl)c(-c4ccc(F)c5sc(N)c(C#N)c45)c(F)c3n1)OCCN2C(C)c1cccnc1N. The summed E-state index contributed by atoms with van der Waals surface area (Å²) >= 11 is 9.95. The van der Waals surface area contributed by atoms with Crippen molar-refractivity contribution in [2.45, 2.75) is 50.4 Å². The summed E-state index contributed by atoms with van der Waals surface area (Å²) in [5.74, 6) is 0.727. The molecule has 2 aromatic carbocycles. The predicted molar refractivity (Wildman–Crippen MR) is 202 cm³/mol. The van der Waals surface area contributed by atoms with Gasteiger partial charge in [-0.2, -0.15) is 27.0 Å². The van der Waals surface area contributed by atoms with Crippen molar-refractivity contribution < 1.29 is 18.3 Å². The molecule has 2 unspecified atom stereocenters. The lowest BCUT2D eigenvalue weighted by molar-refractivity contribution is 0.325. The Balaban J connectivity index is 0.000000313. The molecule has 0 spiro atoms. The Kier molecular flexibility index (Phi) is 9.99. The third-order valence-electron chi connectivity index (χ3n) is 9.84. The van der Waals surface area contributed by atoms with Crippen molar-refractivity contribution in [2.24, 2.45) is 0 Å². The van der Waals surface area contributed by atoms with Crippen molar-refractivity contribution in [3.8, 4) is 29.0 Å². The number of halogens is 3. The van der Waals surface area contributed by atoms with Crippen LogP contribution in [0.25, 0.3) is 32.1 Å². The maximum Gasteiger partial charge on any atom is 0.318 e. The maximum absolute atomic E-state index is 16.6. The van der Waals surface area contributed by atoms with Gasteiger partial charge in [-0.05, 0) is 56.2 Å². The number of nitrogen functional groups attached to an aromatic ring is 2. The summed E-state index contributed by atoms with van der Waals surface area (Å²) in [6, 6.07) is 8.73.